The average Bonchev–Trinajstić information content (AvgIpc) is 2.04. The molecule has 1 amide bonds. The first-order valence-corrected chi connectivity index (χ1v) is 4.74. The van der Waals surface area contributed by atoms with Crippen LogP contribution in [0.1, 0.15) is 13.8 Å². The Bertz CT molecular complexity index is 176. The van der Waals surface area contributed by atoms with E-state index < -0.39 is 0 Å². The molecule has 0 bridgehead atoms. The molecule has 1 fully saturated rings. The van der Waals surface area contributed by atoms with Crippen molar-refractivity contribution in [2.45, 2.75) is 19.9 Å². The molecule has 1 saturated heterocycles. The standard InChI is InChI=1S/C9H18N2O2/c1-7(2)8(9(10)12)11-3-5-13-6-4-11/h7-8H,3-6H2,1-2H3,(H2,10,12)/t8-/m0/s1. The van der Waals surface area contributed by atoms with Crippen molar-refractivity contribution in [1.82, 2.24) is 4.90 Å². The molecule has 0 radical (unpaired) electrons. The van der Waals surface area contributed by atoms with Gasteiger partial charge >= 0.3 is 0 Å². The fourth-order valence-electron chi connectivity index (χ4n) is 1.79. The quantitative estimate of drug-likeness (QED) is 0.665. The molecule has 0 aromatic rings. The summed E-state index contributed by atoms with van der Waals surface area (Å²) in [6.45, 7) is 7.07. The van der Waals surface area contributed by atoms with Gasteiger partial charge in [0.2, 0.25) is 5.91 Å². The van der Waals surface area contributed by atoms with E-state index in [4.69, 9.17) is 10.5 Å². The third kappa shape index (κ3) is 2.67. The maximum atomic E-state index is 11.2. The van der Waals surface area contributed by atoms with Crippen molar-refractivity contribution in [3.05, 3.63) is 0 Å². The zero-order valence-corrected chi connectivity index (χ0v) is 8.32. The number of ether oxygens (including phenoxy) is 1. The van der Waals surface area contributed by atoms with Gasteiger partial charge in [-0.25, -0.2) is 0 Å². The monoisotopic (exact) mass is 186 g/mol. The number of nitrogens with two attached hydrogens (primary N) is 1. The molecule has 2 N–H and O–H groups in total. The van der Waals surface area contributed by atoms with Gasteiger partial charge in [0.25, 0.3) is 0 Å². The minimum atomic E-state index is -0.225. The van der Waals surface area contributed by atoms with Gasteiger partial charge in [-0.05, 0) is 5.92 Å². The summed E-state index contributed by atoms with van der Waals surface area (Å²) in [5, 5.41) is 0. The van der Waals surface area contributed by atoms with Crippen molar-refractivity contribution < 1.29 is 9.53 Å². The number of hydrogen-bond donors (Lipinski definition) is 1. The van der Waals surface area contributed by atoms with Crippen LogP contribution in [-0.4, -0.2) is 43.2 Å². The highest BCUT2D eigenvalue weighted by Gasteiger charge is 2.27. The van der Waals surface area contributed by atoms with Crippen LogP contribution in [0, 0.1) is 5.92 Å². The first kappa shape index (κ1) is 10.5. The summed E-state index contributed by atoms with van der Waals surface area (Å²) in [5.74, 6) is 0.0486. The van der Waals surface area contributed by atoms with E-state index in [1.165, 1.54) is 0 Å². The van der Waals surface area contributed by atoms with Crippen molar-refractivity contribution in [3.8, 4) is 0 Å². The minimum Gasteiger partial charge on any atom is -0.379 e. The van der Waals surface area contributed by atoms with E-state index in [0.29, 0.717) is 13.2 Å². The minimum absolute atomic E-state index is 0.135. The fourth-order valence-corrected chi connectivity index (χ4v) is 1.79. The molecule has 1 heterocycles. The number of nitrogens with zero attached hydrogens (tertiary/aromatic N) is 1. The Morgan fingerprint density at radius 3 is 2.31 bits per heavy atom. The van der Waals surface area contributed by atoms with E-state index in [-0.39, 0.29) is 17.9 Å². The zero-order valence-electron chi connectivity index (χ0n) is 8.32. The maximum Gasteiger partial charge on any atom is 0.235 e. The molecule has 0 aliphatic carbocycles. The van der Waals surface area contributed by atoms with Gasteiger partial charge in [0.05, 0.1) is 19.3 Å². The van der Waals surface area contributed by atoms with Gasteiger partial charge in [0.15, 0.2) is 0 Å². The lowest BCUT2D eigenvalue weighted by molar-refractivity contribution is -0.126. The lowest BCUT2D eigenvalue weighted by Gasteiger charge is -2.34. The summed E-state index contributed by atoms with van der Waals surface area (Å²) in [6, 6.07) is -0.135. The molecular weight excluding hydrogens is 168 g/mol. The normalized spacial score (nSPS) is 21.8. The Labute approximate surface area is 79.0 Å². The van der Waals surface area contributed by atoms with Crippen molar-refractivity contribution in [1.29, 1.82) is 0 Å². The van der Waals surface area contributed by atoms with Gasteiger partial charge in [0, 0.05) is 13.1 Å². The molecule has 0 unspecified atom stereocenters. The second kappa shape index (κ2) is 4.58. The highest BCUT2D eigenvalue weighted by atomic mass is 16.5. The van der Waals surface area contributed by atoms with E-state index in [9.17, 15) is 4.79 Å². The number of morpholine rings is 1. The van der Waals surface area contributed by atoms with Crippen molar-refractivity contribution in [3.63, 3.8) is 0 Å². The van der Waals surface area contributed by atoms with E-state index in [1.54, 1.807) is 0 Å². The predicted octanol–water partition coefficient (Wildman–Crippen LogP) is -0.171. The van der Waals surface area contributed by atoms with E-state index in [1.807, 2.05) is 13.8 Å². The Kier molecular flexibility index (Phi) is 3.69. The maximum absolute atomic E-state index is 11.2. The summed E-state index contributed by atoms with van der Waals surface area (Å²) >= 11 is 0. The molecule has 0 aromatic carbocycles. The van der Waals surface area contributed by atoms with Gasteiger partial charge in [0.1, 0.15) is 0 Å². The van der Waals surface area contributed by atoms with Crippen LogP contribution < -0.4 is 5.73 Å². The number of amides is 1. The summed E-state index contributed by atoms with van der Waals surface area (Å²) in [5.41, 5.74) is 5.35. The molecule has 0 spiro atoms. The highest BCUT2D eigenvalue weighted by molar-refractivity contribution is 5.80. The van der Waals surface area contributed by atoms with Crippen LogP contribution in [0.15, 0.2) is 0 Å². The molecule has 1 atom stereocenters. The zero-order chi connectivity index (χ0) is 9.84. The first-order valence-electron chi connectivity index (χ1n) is 4.74. The van der Waals surface area contributed by atoms with Gasteiger partial charge in [-0.15, -0.1) is 0 Å². The van der Waals surface area contributed by atoms with Crippen molar-refractivity contribution in [2.75, 3.05) is 26.3 Å². The molecule has 4 nitrogen and oxygen atoms in total. The Morgan fingerprint density at radius 1 is 1.38 bits per heavy atom. The van der Waals surface area contributed by atoms with Crippen LogP contribution in [0.25, 0.3) is 0 Å². The molecule has 1 rings (SSSR count). The van der Waals surface area contributed by atoms with Crippen molar-refractivity contribution >= 4 is 5.91 Å². The van der Waals surface area contributed by atoms with Crippen LogP contribution in [0.5, 0.6) is 0 Å². The van der Waals surface area contributed by atoms with E-state index in [2.05, 4.69) is 4.90 Å². The molecular formula is C9H18N2O2. The second-order valence-corrected chi connectivity index (χ2v) is 3.74. The van der Waals surface area contributed by atoms with Gasteiger partial charge in [-0.3, -0.25) is 9.69 Å². The molecule has 0 saturated carbocycles. The van der Waals surface area contributed by atoms with E-state index >= 15 is 0 Å². The Morgan fingerprint density at radius 2 is 1.92 bits per heavy atom. The number of carbonyl (C=O) groups is 1. The summed E-state index contributed by atoms with van der Waals surface area (Å²) < 4.78 is 5.22. The topological polar surface area (TPSA) is 55.6 Å². The third-order valence-corrected chi connectivity index (χ3v) is 2.36. The lowest BCUT2D eigenvalue weighted by atomic mass is 10.0. The smallest absolute Gasteiger partial charge is 0.235 e. The second-order valence-electron chi connectivity index (χ2n) is 3.74. The van der Waals surface area contributed by atoms with E-state index in [0.717, 1.165) is 13.1 Å². The molecule has 1 aliphatic rings. The summed E-state index contributed by atoms with van der Waals surface area (Å²) in [6.07, 6.45) is 0. The molecule has 13 heavy (non-hydrogen) atoms. The highest BCUT2D eigenvalue weighted by Crippen LogP contribution is 2.12. The molecule has 0 aromatic heterocycles. The van der Waals surface area contributed by atoms with Crippen molar-refractivity contribution in [2.24, 2.45) is 11.7 Å². The number of hydrogen-bond acceptors (Lipinski definition) is 3. The van der Waals surface area contributed by atoms with Gasteiger partial charge in [-0.2, -0.15) is 0 Å². The third-order valence-electron chi connectivity index (χ3n) is 2.36. The number of primary amides is 1. The number of rotatable bonds is 3. The summed E-state index contributed by atoms with van der Waals surface area (Å²) in [4.78, 5) is 13.3. The predicted molar refractivity (Wildman–Crippen MR) is 50.2 cm³/mol. The van der Waals surface area contributed by atoms with Crippen LogP contribution in [0.3, 0.4) is 0 Å². The molecule has 76 valence electrons. The van der Waals surface area contributed by atoms with Gasteiger partial charge in [-0.1, -0.05) is 13.8 Å². The largest absolute Gasteiger partial charge is 0.379 e. The first-order chi connectivity index (χ1) is 6.13. The summed E-state index contributed by atoms with van der Waals surface area (Å²) in [7, 11) is 0. The van der Waals surface area contributed by atoms with Gasteiger partial charge < -0.3 is 10.5 Å². The lowest BCUT2D eigenvalue weighted by Crippen LogP contribution is -2.52. The van der Waals surface area contributed by atoms with Crippen LogP contribution in [-0.2, 0) is 9.53 Å². The fraction of sp³-hybridized carbons (Fsp3) is 0.889. The van der Waals surface area contributed by atoms with Crippen LogP contribution >= 0.6 is 0 Å². The van der Waals surface area contributed by atoms with Crippen LogP contribution in [0.4, 0.5) is 0 Å². The SMILES string of the molecule is CC(C)[C@@H](C(N)=O)N1CCOCC1. The molecule has 4 heteroatoms. The Hall–Kier alpha value is -0.610. The van der Waals surface area contributed by atoms with Crippen LogP contribution in [0.2, 0.25) is 0 Å². The number of carbonyl (C=O) groups excluding carboxylic acids is 1. The molecule has 1 aliphatic heterocycles. The average molecular weight is 186 g/mol. The Balaban J connectivity index is 2.57.